The second-order valence-corrected chi connectivity index (χ2v) is 4.59. The Morgan fingerprint density at radius 2 is 2.17 bits per heavy atom. The molecule has 0 spiro atoms. The van der Waals surface area contributed by atoms with E-state index >= 15 is 0 Å². The third kappa shape index (κ3) is 0.944. The molecule has 3 aliphatic rings. The molecule has 3 heterocycles. The fraction of sp³-hybridized carbons (Fsp3) is 1.00. The van der Waals surface area contributed by atoms with Crippen LogP contribution >= 0.6 is 0 Å². The lowest BCUT2D eigenvalue weighted by Crippen LogP contribution is -2.45. The maximum absolute atomic E-state index is 3.71. The molecule has 3 atom stereocenters. The van der Waals surface area contributed by atoms with Crippen molar-refractivity contribution in [3.8, 4) is 0 Å². The topological polar surface area (TPSA) is 15.3 Å². The Kier molecular flexibility index (Phi) is 1.66. The maximum Gasteiger partial charge on any atom is 0.0263 e. The van der Waals surface area contributed by atoms with Crippen molar-refractivity contribution in [1.29, 1.82) is 0 Å². The summed E-state index contributed by atoms with van der Waals surface area (Å²) in [5.41, 5.74) is 0. The second kappa shape index (κ2) is 2.71. The van der Waals surface area contributed by atoms with Crippen LogP contribution in [0.25, 0.3) is 0 Å². The summed E-state index contributed by atoms with van der Waals surface area (Å²) in [7, 11) is 0. The fourth-order valence-electron chi connectivity index (χ4n) is 3.42. The van der Waals surface area contributed by atoms with Crippen LogP contribution in [0, 0.1) is 5.92 Å². The quantitative estimate of drug-likeness (QED) is 0.573. The van der Waals surface area contributed by atoms with E-state index in [2.05, 4.69) is 10.2 Å². The number of fused-ring (bicyclic) bond motifs is 3. The minimum Gasteiger partial charge on any atom is -0.312 e. The van der Waals surface area contributed by atoms with Crippen molar-refractivity contribution in [2.75, 3.05) is 19.6 Å². The third-order valence-corrected chi connectivity index (χ3v) is 3.94. The summed E-state index contributed by atoms with van der Waals surface area (Å²) in [6.45, 7) is 4.03. The molecule has 68 valence electrons. The molecule has 0 aromatic rings. The van der Waals surface area contributed by atoms with Crippen LogP contribution in [0.5, 0.6) is 0 Å². The molecule has 0 amide bonds. The van der Waals surface area contributed by atoms with Crippen LogP contribution in [0.1, 0.15) is 25.7 Å². The number of hydrogen-bond acceptors (Lipinski definition) is 2. The lowest BCUT2D eigenvalue weighted by atomic mass is 9.89. The van der Waals surface area contributed by atoms with Crippen LogP contribution in [-0.2, 0) is 0 Å². The van der Waals surface area contributed by atoms with E-state index in [0.29, 0.717) is 0 Å². The van der Waals surface area contributed by atoms with Crippen molar-refractivity contribution in [3.63, 3.8) is 0 Å². The van der Waals surface area contributed by atoms with Gasteiger partial charge in [-0.05, 0) is 44.7 Å². The Balaban J connectivity index is 1.79. The minimum atomic E-state index is 0.862. The van der Waals surface area contributed by atoms with E-state index in [1.54, 1.807) is 0 Å². The Bertz CT molecular complexity index is 181. The predicted octanol–water partition coefficient (Wildman–Crippen LogP) is 0.833. The van der Waals surface area contributed by atoms with Gasteiger partial charge in [-0.15, -0.1) is 0 Å². The number of piperidine rings is 1. The van der Waals surface area contributed by atoms with E-state index in [-0.39, 0.29) is 0 Å². The van der Waals surface area contributed by atoms with E-state index in [4.69, 9.17) is 0 Å². The summed E-state index contributed by atoms with van der Waals surface area (Å²) < 4.78 is 0. The molecule has 2 heteroatoms. The van der Waals surface area contributed by atoms with Crippen molar-refractivity contribution in [1.82, 2.24) is 10.2 Å². The van der Waals surface area contributed by atoms with E-state index in [1.807, 2.05) is 0 Å². The molecule has 3 saturated heterocycles. The molecule has 3 unspecified atom stereocenters. The average molecular weight is 166 g/mol. The molecule has 0 aliphatic carbocycles. The Morgan fingerprint density at radius 1 is 1.17 bits per heavy atom. The molecule has 0 aromatic carbocycles. The molecule has 3 rings (SSSR count). The number of rotatable bonds is 0. The van der Waals surface area contributed by atoms with Gasteiger partial charge in [-0.3, -0.25) is 4.90 Å². The highest BCUT2D eigenvalue weighted by Crippen LogP contribution is 2.35. The van der Waals surface area contributed by atoms with Gasteiger partial charge in [0.15, 0.2) is 0 Å². The number of nitrogens with zero attached hydrogens (tertiary/aromatic N) is 1. The Hall–Kier alpha value is -0.0800. The van der Waals surface area contributed by atoms with Crippen LogP contribution in [0.15, 0.2) is 0 Å². The van der Waals surface area contributed by atoms with Crippen LogP contribution in [0.4, 0.5) is 0 Å². The first kappa shape index (κ1) is 7.34. The highest BCUT2D eigenvalue weighted by Gasteiger charge is 2.44. The second-order valence-electron chi connectivity index (χ2n) is 4.59. The molecule has 1 N–H and O–H groups in total. The summed E-state index contributed by atoms with van der Waals surface area (Å²) in [5.74, 6) is 0.990. The van der Waals surface area contributed by atoms with E-state index in [9.17, 15) is 0 Å². The molecule has 0 bridgehead atoms. The fourth-order valence-corrected chi connectivity index (χ4v) is 3.42. The zero-order valence-electron chi connectivity index (χ0n) is 7.63. The zero-order chi connectivity index (χ0) is 7.97. The van der Waals surface area contributed by atoms with Gasteiger partial charge in [-0.1, -0.05) is 0 Å². The van der Waals surface area contributed by atoms with Gasteiger partial charge in [-0.25, -0.2) is 0 Å². The molecular formula is C10H18N2. The molecule has 3 aliphatic heterocycles. The lowest BCUT2D eigenvalue weighted by molar-refractivity contribution is 0.290. The standard InChI is InChI=1S/C10H18N2/c1-3-8-7-12-6-2-4-9(12)10(8)11-5-1/h8-11H,1-7H2. The highest BCUT2D eigenvalue weighted by atomic mass is 15.2. The maximum atomic E-state index is 3.71. The summed E-state index contributed by atoms with van der Waals surface area (Å²) >= 11 is 0. The van der Waals surface area contributed by atoms with Gasteiger partial charge < -0.3 is 5.32 Å². The molecular weight excluding hydrogens is 148 g/mol. The number of nitrogens with one attached hydrogen (secondary N) is 1. The Labute approximate surface area is 74.3 Å². The molecule has 3 fully saturated rings. The van der Waals surface area contributed by atoms with Gasteiger partial charge in [0.05, 0.1) is 0 Å². The summed E-state index contributed by atoms with van der Waals surface area (Å²) in [6.07, 6.45) is 5.77. The van der Waals surface area contributed by atoms with Gasteiger partial charge in [-0.2, -0.15) is 0 Å². The van der Waals surface area contributed by atoms with Crippen molar-refractivity contribution in [3.05, 3.63) is 0 Å². The molecule has 0 saturated carbocycles. The third-order valence-electron chi connectivity index (χ3n) is 3.94. The predicted molar refractivity (Wildman–Crippen MR) is 49.1 cm³/mol. The van der Waals surface area contributed by atoms with Gasteiger partial charge >= 0.3 is 0 Å². The lowest BCUT2D eigenvalue weighted by Gasteiger charge is -2.29. The van der Waals surface area contributed by atoms with Crippen molar-refractivity contribution >= 4 is 0 Å². The normalized spacial score (nSPS) is 47.5. The average Bonchev–Trinajstić information content (AvgIpc) is 2.62. The Morgan fingerprint density at radius 3 is 3.17 bits per heavy atom. The molecule has 0 aromatic heterocycles. The first-order chi connectivity index (χ1) is 5.95. The summed E-state index contributed by atoms with van der Waals surface area (Å²) in [5, 5.41) is 3.71. The molecule has 12 heavy (non-hydrogen) atoms. The van der Waals surface area contributed by atoms with Crippen molar-refractivity contribution in [2.45, 2.75) is 37.8 Å². The van der Waals surface area contributed by atoms with E-state index in [1.165, 1.54) is 45.3 Å². The van der Waals surface area contributed by atoms with E-state index < -0.39 is 0 Å². The van der Waals surface area contributed by atoms with Gasteiger partial charge in [0, 0.05) is 18.6 Å². The summed E-state index contributed by atoms with van der Waals surface area (Å²) in [4.78, 5) is 2.72. The van der Waals surface area contributed by atoms with Crippen molar-refractivity contribution in [2.24, 2.45) is 5.92 Å². The van der Waals surface area contributed by atoms with Gasteiger partial charge in [0.25, 0.3) is 0 Å². The van der Waals surface area contributed by atoms with Crippen LogP contribution < -0.4 is 5.32 Å². The SMILES string of the molecule is C1CNC2C(C1)CN1CCCC21. The number of hydrogen-bond donors (Lipinski definition) is 1. The van der Waals surface area contributed by atoms with Gasteiger partial charge in [0.2, 0.25) is 0 Å². The monoisotopic (exact) mass is 166 g/mol. The van der Waals surface area contributed by atoms with Crippen LogP contribution in [-0.4, -0.2) is 36.6 Å². The van der Waals surface area contributed by atoms with Crippen molar-refractivity contribution < 1.29 is 0 Å². The first-order valence-corrected chi connectivity index (χ1v) is 5.42. The minimum absolute atomic E-state index is 0.862. The summed E-state index contributed by atoms with van der Waals surface area (Å²) in [6, 6.07) is 1.77. The smallest absolute Gasteiger partial charge is 0.0263 e. The van der Waals surface area contributed by atoms with Crippen LogP contribution in [0.2, 0.25) is 0 Å². The first-order valence-electron chi connectivity index (χ1n) is 5.42. The molecule has 2 nitrogen and oxygen atoms in total. The highest BCUT2D eigenvalue weighted by molar-refractivity contribution is 5.02. The van der Waals surface area contributed by atoms with E-state index in [0.717, 1.165) is 18.0 Å². The van der Waals surface area contributed by atoms with Gasteiger partial charge in [0.1, 0.15) is 0 Å². The largest absolute Gasteiger partial charge is 0.312 e. The zero-order valence-corrected chi connectivity index (χ0v) is 7.63. The van der Waals surface area contributed by atoms with Crippen LogP contribution in [0.3, 0.4) is 0 Å². The molecule has 0 radical (unpaired) electrons.